The summed E-state index contributed by atoms with van der Waals surface area (Å²) in [5, 5.41) is 0.142. The summed E-state index contributed by atoms with van der Waals surface area (Å²) >= 11 is 3.02. The maximum Gasteiger partial charge on any atom is 0.451 e. The van der Waals surface area contributed by atoms with Crippen LogP contribution in [-0.4, -0.2) is 9.97 Å². The van der Waals surface area contributed by atoms with Gasteiger partial charge in [0.15, 0.2) is 5.89 Å². The second kappa shape index (κ2) is 9.82. The Balaban J connectivity index is 0.000000186. The van der Waals surface area contributed by atoms with Crippen LogP contribution in [0.25, 0.3) is 22.5 Å². The number of benzene rings is 2. The van der Waals surface area contributed by atoms with Crippen molar-refractivity contribution < 1.29 is 35.2 Å². The molecule has 4 nitrogen and oxygen atoms in total. The van der Waals surface area contributed by atoms with Crippen molar-refractivity contribution in [3.05, 3.63) is 84.0 Å². The van der Waals surface area contributed by atoms with Gasteiger partial charge in [0.05, 0.1) is 5.33 Å². The zero-order valence-electron chi connectivity index (χ0n) is 16.8. The molecule has 0 N–H and O–H groups in total. The summed E-state index contributed by atoms with van der Waals surface area (Å²) < 4.78 is 85.3. The van der Waals surface area contributed by atoms with E-state index in [1.807, 2.05) is 0 Å². The van der Waals surface area contributed by atoms with Gasteiger partial charge in [-0.1, -0.05) is 76.6 Å². The van der Waals surface area contributed by atoms with E-state index in [1.165, 1.54) is 6.92 Å². The molecule has 0 atom stereocenters. The molecular formula is C22H15BrF6N2O2. The highest BCUT2D eigenvalue weighted by Crippen LogP contribution is 2.38. The first-order valence-corrected chi connectivity index (χ1v) is 10.4. The topological polar surface area (TPSA) is 52.1 Å². The van der Waals surface area contributed by atoms with E-state index in [0.29, 0.717) is 11.1 Å². The first-order chi connectivity index (χ1) is 15.5. The fraction of sp³-hybridized carbons (Fsp3) is 0.182. The van der Waals surface area contributed by atoms with Gasteiger partial charge >= 0.3 is 12.4 Å². The molecule has 0 aliphatic rings. The SMILES string of the molecule is Cc1nc(-c2ccccc2)c(C(F)(F)F)o1.FC(F)(F)c1oc(CBr)nc1-c1ccccc1. The molecule has 0 aliphatic heterocycles. The third-order valence-corrected chi connectivity index (χ3v) is 4.61. The smallest absolute Gasteiger partial charge is 0.436 e. The molecule has 0 unspecified atom stereocenters. The molecule has 0 saturated heterocycles. The highest BCUT2D eigenvalue weighted by molar-refractivity contribution is 9.08. The number of rotatable bonds is 3. The summed E-state index contributed by atoms with van der Waals surface area (Å²) in [7, 11) is 0. The summed E-state index contributed by atoms with van der Waals surface area (Å²) in [5.41, 5.74) is 0.445. The fourth-order valence-corrected chi connectivity index (χ4v) is 3.06. The Morgan fingerprint density at radius 2 is 1.12 bits per heavy atom. The second-order valence-electron chi connectivity index (χ2n) is 6.56. The van der Waals surface area contributed by atoms with Crippen molar-refractivity contribution in [2.24, 2.45) is 0 Å². The lowest BCUT2D eigenvalue weighted by atomic mass is 10.1. The number of aryl methyl sites for hydroxylation is 1. The maximum atomic E-state index is 12.7. The van der Waals surface area contributed by atoms with Crippen molar-refractivity contribution in [3.63, 3.8) is 0 Å². The highest BCUT2D eigenvalue weighted by Gasteiger charge is 2.40. The molecule has 4 aromatic rings. The van der Waals surface area contributed by atoms with Gasteiger partial charge in [-0.2, -0.15) is 26.3 Å². The van der Waals surface area contributed by atoms with E-state index in [4.69, 9.17) is 4.42 Å². The maximum absolute atomic E-state index is 12.7. The van der Waals surface area contributed by atoms with Crippen molar-refractivity contribution in [2.45, 2.75) is 24.6 Å². The van der Waals surface area contributed by atoms with Crippen LogP contribution < -0.4 is 0 Å². The van der Waals surface area contributed by atoms with Gasteiger partial charge in [0.2, 0.25) is 17.4 Å². The van der Waals surface area contributed by atoms with Crippen molar-refractivity contribution in [2.75, 3.05) is 0 Å². The lowest BCUT2D eigenvalue weighted by Crippen LogP contribution is -2.05. The normalized spacial score (nSPS) is 11.8. The molecule has 0 amide bonds. The van der Waals surface area contributed by atoms with Gasteiger partial charge in [0, 0.05) is 18.1 Å². The Bertz CT molecular complexity index is 1190. The van der Waals surface area contributed by atoms with Gasteiger partial charge in [-0.15, -0.1) is 0 Å². The van der Waals surface area contributed by atoms with Crippen molar-refractivity contribution in [1.29, 1.82) is 0 Å². The number of halogens is 7. The summed E-state index contributed by atoms with van der Waals surface area (Å²) in [6.45, 7) is 1.39. The fourth-order valence-electron chi connectivity index (χ4n) is 2.82. The Kier molecular flexibility index (Phi) is 7.31. The van der Waals surface area contributed by atoms with E-state index in [9.17, 15) is 26.3 Å². The van der Waals surface area contributed by atoms with Crippen molar-refractivity contribution in [1.82, 2.24) is 9.97 Å². The predicted molar refractivity (Wildman–Crippen MR) is 111 cm³/mol. The predicted octanol–water partition coefficient (Wildman–Crippen LogP) is 7.92. The van der Waals surface area contributed by atoms with Gasteiger partial charge < -0.3 is 8.83 Å². The number of hydrogen-bond acceptors (Lipinski definition) is 4. The number of oxazole rings is 2. The van der Waals surface area contributed by atoms with Gasteiger partial charge in [-0.3, -0.25) is 0 Å². The van der Waals surface area contributed by atoms with Crippen LogP contribution in [0.5, 0.6) is 0 Å². The van der Waals surface area contributed by atoms with Crippen LogP contribution in [0.2, 0.25) is 0 Å². The average Bonchev–Trinajstić information content (AvgIpc) is 3.39. The molecule has 0 aliphatic carbocycles. The monoisotopic (exact) mass is 532 g/mol. The van der Waals surface area contributed by atoms with Gasteiger partial charge in [-0.25, -0.2) is 9.97 Å². The third kappa shape index (κ3) is 6.04. The molecule has 0 radical (unpaired) electrons. The standard InChI is InChI=1S/C11H7BrF3NO.C11H8F3NO/c12-6-8-16-9(7-4-2-1-3-5-7)10(17-8)11(13,14)15;1-7-15-9(8-5-3-2-4-6-8)10(16-7)11(12,13)14/h1-5H,6H2;2-6H,1H3. The molecule has 2 aromatic heterocycles. The zero-order valence-corrected chi connectivity index (χ0v) is 18.4. The van der Waals surface area contributed by atoms with E-state index < -0.39 is 23.9 Å². The number of nitrogens with zero attached hydrogens (tertiary/aromatic N) is 2. The van der Waals surface area contributed by atoms with Gasteiger partial charge in [0.1, 0.15) is 11.4 Å². The van der Waals surface area contributed by atoms with Crippen LogP contribution in [0.15, 0.2) is 69.5 Å². The Labute approximate surface area is 192 Å². The van der Waals surface area contributed by atoms with Crippen LogP contribution in [0, 0.1) is 6.92 Å². The number of alkyl halides is 7. The first-order valence-electron chi connectivity index (χ1n) is 9.29. The first kappa shape index (κ1) is 24.6. The molecule has 4 rings (SSSR count). The van der Waals surface area contributed by atoms with E-state index in [-0.39, 0.29) is 28.5 Å². The molecular weight excluding hydrogens is 518 g/mol. The average molecular weight is 533 g/mol. The minimum atomic E-state index is -4.54. The molecule has 2 heterocycles. The minimum absolute atomic E-state index is 0.00572. The van der Waals surface area contributed by atoms with E-state index >= 15 is 0 Å². The summed E-state index contributed by atoms with van der Waals surface area (Å²) in [6, 6.07) is 16.3. The molecule has 174 valence electrons. The summed E-state index contributed by atoms with van der Waals surface area (Å²) in [4.78, 5) is 7.59. The number of hydrogen-bond donors (Lipinski definition) is 0. The van der Waals surface area contributed by atoms with Crippen LogP contribution in [0.1, 0.15) is 23.3 Å². The Morgan fingerprint density at radius 3 is 1.55 bits per heavy atom. The minimum Gasteiger partial charge on any atom is -0.436 e. The van der Waals surface area contributed by atoms with Crippen LogP contribution in [-0.2, 0) is 17.7 Å². The lowest BCUT2D eigenvalue weighted by molar-refractivity contribution is -0.153. The third-order valence-electron chi connectivity index (χ3n) is 4.13. The summed E-state index contributed by atoms with van der Waals surface area (Å²) in [5.74, 6) is -2.09. The van der Waals surface area contributed by atoms with Crippen LogP contribution in [0.3, 0.4) is 0 Å². The van der Waals surface area contributed by atoms with Crippen LogP contribution in [0.4, 0.5) is 26.3 Å². The number of aromatic nitrogens is 2. The molecule has 33 heavy (non-hydrogen) atoms. The quantitative estimate of drug-likeness (QED) is 0.198. The Morgan fingerprint density at radius 1 is 0.697 bits per heavy atom. The molecule has 2 aromatic carbocycles. The molecule has 0 saturated carbocycles. The van der Waals surface area contributed by atoms with Gasteiger partial charge in [-0.05, 0) is 0 Å². The molecule has 11 heteroatoms. The molecule has 0 fully saturated rings. The van der Waals surface area contributed by atoms with Crippen molar-refractivity contribution in [3.8, 4) is 22.5 Å². The van der Waals surface area contributed by atoms with E-state index in [0.717, 1.165) is 0 Å². The van der Waals surface area contributed by atoms with Gasteiger partial charge in [0.25, 0.3) is 0 Å². The van der Waals surface area contributed by atoms with Crippen molar-refractivity contribution >= 4 is 15.9 Å². The van der Waals surface area contributed by atoms with E-state index in [1.54, 1.807) is 60.7 Å². The van der Waals surface area contributed by atoms with E-state index in [2.05, 4.69) is 30.3 Å². The highest BCUT2D eigenvalue weighted by atomic mass is 79.9. The Hall–Kier alpha value is -3.08. The lowest BCUT2D eigenvalue weighted by Gasteiger charge is -2.04. The molecule has 0 bridgehead atoms. The summed E-state index contributed by atoms with van der Waals surface area (Å²) in [6.07, 6.45) is -9.06. The second-order valence-corrected chi connectivity index (χ2v) is 7.12. The van der Waals surface area contributed by atoms with Crippen LogP contribution >= 0.6 is 15.9 Å². The zero-order chi connectivity index (χ0) is 24.2. The largest absolute Gasteiger partial charge is 0.451 e. The molecule has 0 spiro atoms.